The molecular weight excluding hydrogens is 336 g/mol. The Balaban J connectivity index is 1.82. The summed E-state index contributed by atoms with van der Waals surface area (Å²) in [5.41, 5.74) is 5.18. The second-order valence-corrected chi connectivity index (χ2v) is 7.17. The summed E-state index contributed by atoms with van der Waals surface area (Å²) in [6.07, 6.45) is 2.93. The number of hydrogen-bond acceptors (Lipinski definition) is 3. The molecule has 1 N–H and O–H groups in total. The van der Waals surface area contributed by atoms with Crippen molar-refractivity contribution in [2.24, 2.45) is 0 Å². The van der Waals surface area contributed by atoms with Gasteiger partial charge in [0, 0.05) is 28.6 Å². The summed E-state index contributed by atoms with van der Waals surface area (Å²) < 4.78 is 3.80. The van der Waals surface area contributed by atoms with Crippen LogP contribution in [0.15, 0.2) is 48.7 Å². The van der Waals surface area contributed by atoms with Crippen LogP contribution in [0.2, 0.25) is 0 Å². The summed E-state index contributed by atoms with van der Waals surface area (Å²) in [5.74, 6) is 0.309. The maximum absolute atomic E-state index is 10.4. The van der Waals surface area contributed by atoms with E-state index < -0.39 is 0 Å². The van der Waals surface area contributed by atoms with Gasteiger partial charge in [0.05, 0.1) is 11.4 Å². The van der Waals surface area contributed by atoms with Crippen molar-refractivity contribution < 1.29 is 5.11 Å². The molecule has 0 saturated carbocycles. The molecule has 0 amide bonds. The standard InChI is InChI=1S/C22H24N4O/c1-5-16-8-6-7-9-20(16)26-15(4)21(23-24-26)17-10-11-19-18(12-17)13-25(14(2)3)22(19)27/h6-14,27H,5H2,1-4H3. The average molecular weight is 360 g/mol. The molecule has 2 aromatic carbocycles. The van der Waals surface area contributed by atoms with Crippen molar-refractivity contribution >= 4 is 10.8 Å². The number of aromatic hydroxyl groups is 1. The van der Waals surface area contributed by atoms with Gasteiger partial charge in [-0.15, -0.1) is 5.10 Å². The van der Waals surface area contributed by atoms with Crippen molar-refractivity contribution in [3.63, 3.8) is 0 Å². The summed E-state index contributed by atoms with van der Waals surface area (Å²) in [6, 6.07) is 14.5. The van der Waals surface area contributed by atoms with Crippen LogP contribution in [0.1, 0.15) is 38.1 Å². The Morgan fingerprint density at radius 1 is 1.11 bits per heavy atom. The van der Waals surface area contributed by atoms with Crippen molar-refractivity contribution in [3.05, 3.63) is 59.9 Å². The number of benzene rings is 2. The first-order chi connectivity index (χ1) is 13.0. The normalized spacial score (nSPS) is 11.6. The number of fused-ring (bicyclic) bond motifs is 1. The van der Waals surface area contributed by atoms with Crippen molar-refractivity contribution in [3.8, 4) is 22.8 Å². The Labute approximate surface area is 158 Å². The lowest BCUT2D eigenvalue weighted by molar-refractivity contribution is 0.405. The highest BCUT2D eigenvalue weighted by atomic mass is 16.3. The predicted molar refractivity (Wildman–Crippen MR) is 108 cm³/mol. The molecule has 0 aliphatic rings. The lowest BCUT2D eigenvalue weighted by atomic mass is 10.1. The van der Waals surface area contributed by atoms with Crippen LogP contribution in [0.3, 0.4) is 0 Å². The van der Waals surface area contributed by atoms with Gasteiger partial charge in [-0.3, -0.25) is 0 Å². The van der Waals surface area contributed by atoms with Gasteiger partial charge in [0.2, 0.25) is 0 Å². The van der Waals surface area contributed by atoms with E-state index in [2.05, 4.69) is 55.3 Å². The van der Waals surface area contributed by atoms with E-state index in [1.165, 1.54) is 5.56 Å². The Morgan fingerprint density at radius 3 is 2.63 bits per heavy atom. The number of para-hydroxylation sites is 1. The fraction of sp³-hybridized carbons (Fsp3) is 0.273. The molecule has 4 rings (SSSR count). The van der Waals surface area contributed by atoms with E-state index in [1.54, 1.807) is 0 Å². The summed E-state index contributed by atoms with van der Waals surface area (Å²) in [5, 5.41) is 21.1. The molecule has 0 aliphatic carbocycles. The highest BCUT2D eigenvalue weighted by molar-refractivity contribution is 5.91. The highest BCUT2D eigenvalue weighted by Gasteiger charge is 2.16. The zero-order valence-corrected chi connectivity index (χ0v) is 16.1. The monoisotopic (exact) mass is 360 g/mol. The summed E-state index contributed by atoms with van der Waals surface area (Å²) in [7, 11) is 0. The SMILES string of the molecule is CCc1ccccc1-n1nnc(-c2ccc3c(O)n(C(C)C)cc3c2)c1C. The second-order valence-electron chi connectivity index (χ2n) is 7.17. The van der Waals surface area contributed by atoms with Gasteiger partial charge in [-0.1, -0.05) is 36.4 Å². The molecule has 0 bridgehead atoms. The van der Waals surface area contributed by atoms with E-state index in [-0.39, 0.29) is 6.04 Å². The molecule has 0 spiro atoms. The van der Waals surface area contributed by atoms with Gasteiger partial charge in [-0.2, -0.15) is 0 Å². The molecule has 27 heavy (non-hydrogen) atoms. The smallest absolute Gasteiger partial charge is 0.199 e. The first-order valence-corrected chi connectivity index (χ1v) is 9.35. The lowest BCUT2D eigenvalue weighted by Crippen LogP contribution is -2.02. The minimum absolute atomic E-state index is 0.203. The Bertz CT molecular complexity index is 1120. The second kappa shape index (κ2) is 6.58. The third-order valence-corrected chi connectivity index (χ3v) is 5.14. The molecule has 138 valence electrons. The van der Waals surface area contributed by atoms with Gasteiger partial charge in [-0.05, 0) is 51.0 Å². The molecule has 2 heterocycles. The summed E-state index contributed by atoms with van der Waals surface area (Å²) in [4.78, 5) is 0. The van der Waals surface area contributed by atoms with Gasteiger partial charge in [0.25, 0.3) is 0 Å². The van der Waals surface area contributed by atoms with Gasteiger partial charge in [-0.25, -0.2) is 4.68 Å². The fourth-order valence-corrected chi connectivity index (χ4v) is 3.61. The molecule has 2 aromatic heterocycles. The van der Waals surface area contributed by atoms with Gasteiger partial charge in [0.1, 0.15) is 5.69 Å². The highest BCUT2D eigenvalue weighted by Crippen LogP contribution is 2.33. The molecule has 5 nitrogen and oxygen atoms in total. The van der Waals surface area contributed by atoms with Gasteiger partial charge >= 0.3 is 0 Å². The van der Waals surface area contributed by atoms with Crippen molar-refractivity contribution in [2.45, 2.75) is 40.2 Å². The molecule has 0 atom stereocenters. The number of nitrogens with zero attached hydrogens (tertiary/aromatic N) is 4. The third kappa shape index (κ3) is 2.79. The number of aryl methyl sites for hydroxylation is 1. The maximum Gasteiger partial charge on any atom is 0.199 e. The topological polar surface area (TPSA) is 55.9 Å². The maximum atomic E-state index is 10.4. The molecule has 0 fully saturated rings. The van der Waals surface area contributed by atoms with E-state index in [1.807, 2.05) is 40.6 Å². The van der Waals surface area contributed by atoms with Crippen molar-refractivity contribution in [2.75, 3.05) is 0 Å². The largest absolute Gasteiger partial charge is 0.494 e. The average Bonchev–Trinajstić information content (AvgIpc) is 3.21. The summed E-state index contributed by atoms with van der Waals surface area (Å²) in [6.45, 7) is 8.30. The molecule has 0 saturated heterocycles. The van der Waals surface area contributed by atoms with Crippen molar-refractivity contribution in [1.82, 2.24) is 19.6 Å². The third-order valence-electron chi connectivity index (χ3n) is 5.14. The fourth-order valence-electron chi connectivity index (χ4n) is 3.61. The van der Waals surface area contributed by atoms with E-state index in [9.17, 15) is 5.11 Å². The van der Waals surface area contributed by atoms with Crippen LogP contribution in [0, 0.1) is 6.92 Å². The van der Waals surface area contributed by atoms with E-state index in [0.29, 0.717) is 5.88 Å². The van der Waals surface area contributed by atoms with Crippen LogP contribution in [-0.4, -0.2) is 24.7 Å². The van der Waals surface area contributed by atoms with Gasteiger partial charge in [0.15, 0.2) is 5.88 Å². The van der Waals surface area contributed by atoms with Crippen LogP contribution in [-0.2, 0) is 6.42 Å². The van der Waals surface area contributed by atoms with Crippen LogP contribution in [0.25, 0.3) is 27.7 Å². The quantitative estimate of drug-likeness (QED) is 0.554. The first-order valence-electron chi connectivity index (χ1n) is 9.35. The molecule has 0 unspecified atom stereocenters. The van der Waals surface area contributed by atoms with Crippen LogP contribution in [0.5, 0.6) is 5.88 Å². The van der Waals surface area contributed by atoms with Crippen LogP contribution < -0.4 is 0 Å². The zero-order chi connectivity index (χ0) is 19.1. The zero-order valence-electron chi connectivity index (χ0n) is 16.1. The van der Waals surface area contributed by atoms with E-state index >= 15 is 0 Å². The Kier molecular flexibility index (Phi) is 4.22. The number of rotatable bonds is 4. The summed E-state index contributed by atoms with van der Waals surface area (Å²) >= 11 is 0. The Hall–Kier alpha value is -3.08. The van der Waals surface area contributed by atoms with Crippen LogP contribution in [0.4, 0.5) is 0 Å². The van der Waals surface area contributed by atoms with E-state index in [4.69, 9.17) is 0 Å². The lowest BCUT2D eigenvalue weighted by Gasteiger charge is -2.09. The predicted octanol–water partition coefficient (Wildman–Crippen LogP) is 5.05. The number of hydrogen-bond donors (Lipinski definition) is 1. The molecule has 4 aromatic rings. The number of aromatic nitrogens is 4. The Morgan fingerprint density at radius 2 is 1.89 bits per heavy atom. The van der Waals surface area contributed by atoms with Crippen LogP contribution >= 0.6 is 0 Å². The minimum Gasteiger partial charge on any atom is -0.494 e. The van der Waals surface area contributed by atoms with E-state index in [0.717, 1.165) is 39.8 Å². The molecule has 5 heteroatoms. The first kappa shape index (κ1) is 17.3. The molecule has 0 radical (unpaired) electrons. The van der Waals surface area contributed by atoms with Crippen molar-refractivity contribution in [1.29, 1.82) is 0 Å². The molecule has 0 aliphatic heterocycles. The van der Waals surface area contributed by atoms with Gasteiger partial charge < -0.3 is 9.67 Å². The molecular formula is C22H24N4O. The minimum atomic E-state index is 0.203.